The number of hydrogen-bond acceptors (Lipinski definition) is 4. The Morgan fingerprint density at radius 2 is 1.53 bits per heavy atom. The van der Waals surface area contributed by atoms with Crippen molar-refractivity contribution in [2.24, 2.45) is 0 Å². The fraction of sp³-hybridized carbons (Fsp3) is 0.0400. The largest absolute Gasteiger partial charge is 0.353 e. The van der Waals surface area contributed by atoms with Gasteiger partial charge >= 0.3 is 0 Å². The van der Waals surface area contributed by atoms with Gasteiger partial charge in [-0.1, -0.05) is 30.3 Å². The molecule has 0 fully saturated rings. The monoisotopic (exact) mass is 421 g/mol. The predicted molar refractivity (Wildman–Crippen MR) is 128 cm³/mol. The summed E-state index contributed by atoms with van der Waals surface area (Å²) in [5.74, 6) is 0. The Labute approximate surface area is 180 Å². The first kappa shape index (κ1) is 16.5. The molecule has 0 atom stereocenters. The number of aromatic nitrogens is 3. The number of rotatable bonds is 2. The van der Waals surface area contributed by atoms with Crippen LogP contribution < -0.4 is 0 Å². The Kier molecular flexibility index (Phi) is 3.36. The highest BCUT2D eigenvalue weighted by Gasteiger charge is 2.20. The number of pyridine rings is 2. The van der Waals surface area contributed by atoms with Gasteiger partial charge in [-0.2, -0.15) is 0 Å². The van der Waals surface area contributed by atoms with Crippen molar-refractivity contribution < 1.29 is 0 Å². The van der Waals surface area contributed by atoms with Gasteiger partial charge in [0.1, 0.15) is 9.66 Å². The lowest BCUT2D eigenvalue weighted by Crippen LogP contribution is -1.86. The Bertz CT molecular complexity index is 1610. The summed E-state index contributed by atoms with van der Waals surface area (Å²) in [6.45, 7) is 0. The number of fused-ring (bicyclic) bond motifs is 6. The summed E-state index contributed by atoms with van der Waals surface area (Å²) in [5.41, 5.74) is 7.66. The standard InChI is InChI=1S/C25H15N3S2/c1-3-17-19-11-16(12-21(19)29-24(17)26-9-1)14-5-7-15(8-6-14)20-13-22-23(28-20)18-4-2-10-27-25(18)30-22/h1-10,12-13,28H,11H2. The summed E-state index contributed by atoms with van der Waals surface area (Å²) in [5, 5.41) is 2.50. The van der Waals surface area contributed by atoms with Gasteiger partial charge in [0.2, 0.25) is 0 Å². The zero-order chi connectivity index (χ0) is 19.7. The van der Waals surface area contributed by atoms with Crippen molar-refractivity contribution in [2.75, 3.05) is 0 Å². The van der Waals surface area contributed by atoms with Gasteiger partial charge in [0.05, 0.1) is 10.2 Å². The van der Waals surface area contributed by atoms with E-state index in [0.717, 1.165) is 21.8 Å². The first-order valence-electron chi connectivity index (χ1n) is 9.87. The van der Waals surface area contributed by atoms with Crippen LogP contribution in [0.25, 0.3) is 53.6 Å². The molecule has 7 rings (SSSR count). The second-order valence-corrected chi connectivity index (χ2v) is 9.67. The van der Waals surface area contributed by atoms with E-state index in [2.05, 4.69) is 63.5 Å². The van der Waals surface area contributed by atoms with Crippen molar-refractivity contribution in [1.82, 2.24) is 15.0 Å². The average Bonchev–Trinajstić information content (AvgIpc) is 3.52. The number of allylic oxidation sites excluding steroid dienone is 1. The van der Waals surface area contributed by atoms with Crippen LogP contribution in [0.2, 0.25) is 0 Å². The fourth-order valence-corrected chi connectivity index (χ4v) is 6.56. The third kappa shape index (κ3) is 2.36. The van der Waals surface area contributed by atoms with Crippen LogP contribution in [0.4, 0.5) is 0 Å². The highest BCUT2D eigenvalue weighted by molar-refractivity contribution is 7.25. The minimum Gasteiger partial charge on any atom is -0.353 e. The summed E-state index contributed by atoms with van der Waals surface area (Å²) in [6, 6.07) is 19.5. The van der Waals surface area contributed by atoms with Crippen molar-refractivity contribution in [3.8, 4) is 11.3 Å². The summed E-state index contributed by atoms with van der Waals surface area (Å²) >= 11 is 3.53. The van der Waals surface area contributed by atoms with E-state index in [0.29, 0.717) is 0 Å². The van der Waals surface area contributed by atoms with Crippen LogP contribution >= 0.6 is 22.7 Å². The smallest absolute Gasteiger partial charge is 0.125 e. The predicted octanol–water partition coefficient (Wildman–Crippen LogP) is 7.15. The topological polar surface area (TPSA) is 41.6 Å². The molecule has 0 aliphatic heterocycles. The molecule has 5 aromatic heterocycles. The van der Waals surface area contributed by atoms with E-state index in [4.69, 9.17) is 0 Å². The van der Waals surface area contributed by atoms with Crippen molar-refractivity contribution in [3.63, 3.8) is 0 Å². The molecule has 30 heavy (non-hydrogen) atoms. The van der Waals surface area contributed by atoms with Gasteiger partial charge in [-0.05, 0) is 52.6 Å². The van der Waals surface area contributed by atoms with E-state index >= 15 is 0 Å². The lowest BCUT2D eigenvalue weighted by molar-refractivity contribution is 1.35. The Morgan fingerprint density at radius 1 is 0.800 bits per heavy atom. The minimum absolute atomic E-state index is 0.984. The quantitative estimate of drug-likeness (QED) is 0.322. The maximum Gasteiger partial charge on any atom is 0.125 e. The summed E-state index contributed by atoms with van der Waals surface area (Å²) in [7, 11) is 0. The molecule has 142 valence electrons. The molecule has 1 aliphatic rings. The molecule has 0 spiro atoms. The molecule has 5 heteroatoms. The second kappa shape index (κ2) is 6.11. The average molecular weight is 422 g/mol. The summed E-state index contributed by atoms with van der Waals surface area (Å²) < 4.78 is 1.26. The molecule has 0 amide bonds. The molecule has 1 N–H and O–H groups in total. The Hall–Kier alpha value is -3.28. The van der Waals surface area contributed by atoms with Gasteiger partial charge in [-0.15, -0.1) is 22.7 Å². The van der Waals surface area contributed by atoms with E-state index < -0.39 is 0 Å². The zero-order valence-corrected chi connectivity index (χ0v) is 17.5. The summed E-state index contributed by atoms with van der Waals surface area (Å²) in [6.07, 6.45) is 7.05. The zero-order valence-electron chi connectivity index (χ0n) is 15.8. The first-order chi connectivity index (χ1) is 14.8. The van der Waals surface area contributed by atoms with E-state index in [1.807, 2.05) is 24.5 Å². The molecule has 0 saturated heterocycles. The van der Waals surface area contributed by atoms with Gasteiger partial charge in [0, 0.05) is 40.2 Å². The number of benzene rings is 1. The number of nitrogens with zero attached hydrogens (tertiary/aromatic N) is 2. The van der Waals surface area contributed by atoms with Crippen LogP contribution in [0.1, 0.15) is 16.0 Å². The van der Waals surface area contributed by atoms with Crippen LogP contribution in [-0.4, -0.2) is 15.0 Å². The lowest BCUT2D eigenvalue weighted by Gasteiger charge is -2.05. The number of aromatic amines is 1. The highest BCUT2D eigenvalue weighted by Crippen LogP contribution is 2.41. The van der Waals surface area contributed by atoms with E-state index in [1.165, 1.54) is 48.1 Å². The number of hydrogen-bond donors (Lipinski definition) is 1. The number of nitrogens with one attached hydrogen (secondary N) is 1. The maximum absolute atomic E-state index is 4.50. The normalized spacial score (nSPS) is 13.4. The van der Waals surface area contributed by atoms with Crippen LogP contribution in [0.15, 0.2) is 67.0 Å². The van der Waals surface area contributed by atoms with E-state index in [-0.39, 0.29) is 0 Å². The Balaban J connectivity index is 1.23. The maximum atomic E-state index is 4.50. The highest BCUT2D eigenvalue weighted by atomic mass is 32.1. The molecular formula is C25H15N3S2. The number of H-pyrrole nitrogens is 1. The fourth-order valence-electron chi connectivity index (χ4n) is 4.39. The van der Waals surface area contributed by atoms with Crippen LogP contribution in [0.5, 0.6) is 0 Å². The third-order valence-corrected chi connectivity index (χ3v) is 8.03. The third-order valence-electron chi connectivity index (χ3n) is 5.87. The lowest BCUT2D eigenvalue weighted by atomic mass is 10.0. The van der Waals surface area contributed by atoms with Crippen molar-refractivity contribution >= 4 is 65.0 Å². The SMILES string of the molecule is C1=C(c2ccc(-c3cc4sc5ncccc5c4[nH]3)cc2)Cc2c1sc1ncccc21. The molecule has 0 saturated carbocycles. The molecule has 5 heterocycles. The van der Waals surface area contributed by atoms with Crippen LogP contribution in [0.3, 0.4) is 0 Å². The molecule has 0 unspecified atom stereocenters. The van der Waals surface area contributed by atoms with Gasteiger partial charge in [-0.3, -0.25) is 0 Å². The van der Waals surface area contributed by atoms with Gasteiger partial charge in [0.15, 0.2) is 0 Å². The van der Waals surface area contributed by atoms with E-state index in [1.54, 1.807) is 22.7 Å². The van der Waals surface area contributed by atoms with Crippen LogP contribution in [-0.2, 0) is 6.42 Å². The molecule has 6 aromatic rings. The van der Waals surface area contributed by atoms with Gasteiger partial charge in [-0.25, -0.2) is 9.97 Å². The molecule has 1 aliphatic carbocycles. The summed E-state index contributed by atoms with van der Waals surface area (Å²) in [4.78, 5) is 16.2. The van der Waals surface area contributed by atoms with E-state index in [9.17, 15) is 0 Å². The molecule has 3 nitrogen and oxygen atoms in total. The molecular weight excluding hydrogens is 406 g/mol. The molecule has 0 radical (unpaired) electrons. The van der Waals surface area contributed by atoms with Gasteiger partial charge in [0.25, 0.3) is 0 Å². The van der Waals surface area contributed by atoms with Crippen molar-refractivity contribution in [1.29, 1.82) is 0 Å². The van der Waals surface area contributed by atoms with Crippen molar-refractivity contribution in [2.45, 2.75) is 6.42 Å². The first-order valence-corrected chi connectivity index (χ1v) is 11.5. The second-order valence-electron chi connectivity index (χ2n) is 7.61. The Morgan fingerprint density at radius 3 is 2.37 bits per heavy atom. The number of thiophene rings is 2. The van der Waals surface area contributed by atoms with Crippen molar-refractivity contribution in [3.05, 3.63) is 83.0 Å². The minimum atomic E-state index is 0.984. The molecule has 1 aromatic carbocycles. The molecule has 0 bridgehead atoms. The van der Waals surface area contributed by atoms with Crippen LogP contribution in [0, 0.1) is 0 Å². The van der Waals surface area contributed by atoms with Gasteiger partial charge < -0.3 is 4.98 Å².